The van der Waals surface area contributed by atoms with Crippen molar-refractivity contribution in [2.45, 2.75) is 32.2 Å². The molecule has 1 saturated carbocycles. The van der Waals surface area contributed by atoms with Crippen molar-refractivity contribution in [3.05, 3.63) is 47.9 Å². The molecule has 10 heteroatoms. The van der Waals surface area contributed by atoms with E-state index in [2.05, 4.69) is 25.3 Å². The molecule has 4 aliphatic rings. The number of nitrogens with zero attached hydrogens (tertiary/aromatic N) is 7. The number of piperidine rings is 1. The van der Waals surface area contributed by atoms with E-state index in [0.29, 0.717) is 36.0 Å². The number of aromatic nitrogens is 2. The summed E-state index contributed by atoms with van der Waals surface area (Å²) in [4.78, 5) is 22.7. The van der Waals surface area contributed by atoms with E-state index in [1.165, 1.54) is 6.07 Å². The zero-order valence-corrected chi connectivity index (χ0v) is 18.5. The number of hydrogen-bond acceptors (Lipinski definition) is 6. The number of nitrogens with one attached hydrogen (secondary N) is 1. The van der Waals surface area contributed by atoms with Crippen molar-refractivity contribution in [3.63, 3.8) is 0 Å². The van der Waals surface area contributed by atoms with Gasteiger partial charge in [0.25, 0.3) is 0 Å². The highest BCUT2D eigenvalue weighted by Gasteiger charge is 2.44. The van der Waals surface area contributed by atoms with E-state index in [0.717, 1.165) is 56.5 Å². The van der Waals surface area contributed by atoms with Crippen LogP contribution in [0.2, 0.25) is 0 Å². The first kappa shape index (κ1) is 20.3. The SMILES string of the molecule is Cc1cc(N2CC3CCC(C2)C3N=C2NN3CCCN=C3N2c2ccc(F)c(F)c2)ncn1. The van der Waals surface area contributed by atoms with E-state index in [1.54, 1.807) is 12.4 Å². The molecule has 2 unspecified atom stereocenters. The number of hydrazine groups is 1. The van der Waals surface area contributed by atoms with Gasteiger partial charge in [0.05, 0.1) is 11.7 Å². The summed E-state index contributed by atoms with van der Waals surface area (Å²) in [7, 11) is 0. The Balaban J connectivity index is 1.31. The second-order valence-corrected chi connectivity index (χ2v) is 9.20. The minimum atomic E-state index is -0.879. The topological polar surface area (TPSA) is 72.2 Å². The third-order valence-electron chi connectivity index (χ3n) is 7.01. The van der Waals surface area contributed by atoms with Gasteiger partial charge < -0.3 is 4.90 Å². The Morgan fingerprint density at radius 1 is 1.06 bits per heavy atom. The second kappa shape index (κ2) is 7.93. The van der Waals surface area contributed by atoms with E-state index in [9.17, 15) is 8.78 Å². The molecular weight excluding hydrogens is 426 g/mol. The van der Waals surface area contributed by atoms with Gasteiger partial charge in [-0.3, -0.25) is 15.4 Å². The monoisotopic (exact) mass is 452 g/mol. The molecule has 1 aliphatic carbocycles. The summed E-state index contributed by atoms with van der Waals surface area (Å²) in [6, 6.07) is 6.12. The summed E-state index contributed by atoms with van der Waals surface area (Å²) in [5.41, 5.74) is 4.85. The fourth-order valence-electron chi connectivity index (χ4n) is 5.45. The van der Waals surface area contributed by atoms with E-state index in [1.807, 2.05) is 22.9 Å². The van der Waals surface area contributed by atoms with Crippen molar-refractivity contribution in [1.82, 2.24) is 20.4 Å². The van der Waals surface area contributed by atoms with Gasteiger partial charge in [-0.25, -0.2) is 28.6 Å². The van der Waals surface area contributed by atoms with Crippen LogP contribution in [0.15, 0.2) is 40.6 Å². The molecule has 8 nitrogen and oxygen atoms in total. The molecule has 1 aromatic carbocycles. The van der Waals surface area contributed by atoms with Crippen LogP contribution >= 0.6 is 0 Å². The van der Waals surface area contributed by atoms with Crippen molar-refractivity contribution in [2.75, 3.05) is 36.0 Å². The smallest absolute Gasteiger partial charge is 0.227 e. The first-order valence-electron chi connectivity index (χ1n) is 11.5. The zero-order chi connectivity index (χ0) is 22.5. The molecule has 4 heterocycles. The molecule has 0 radical (unpaired) electrons. The van der Waals surface area contributed by atoms with Crippen LogP contribution in [0.1, 0.15) is 25.0 Å². The number of aliphatic imine (C=N–C) groups is 2. The van der Waals surface area contributed by atoms with E-state index in [-0.39, 0.29) is 6.04 Å². The minimum absolute atomic E-state index is 0.154. The summed E-state index contributed by atoms with van der Waals surface area (Å²) in [6.07, 6.45) is 4.78. The first-order chi connectivity index (χ1) is 16.1. The quantitative estimate of drug-likeness (QED) is 0.772. The lowest BCUT2D eigenvalue weighted by Crippen LogP contribution is -2.46. The highest BCUT2D eigenvalue weighted by atomic mass is 19.2. The predicted molar refractivity (Wildman–Crippen MR) is 122 cm³/mol. The van der Waals surface area contributed by atoms with Crippen molar-refractivity contribution in [3.8, 4) is 0 Å². The maximum Gasteiger partial charge on any atom is 0.227 e. The number of fused-ring (bicyclic) bond motifs is 3. The van der Waals surface area contributed by atoms with Crippen LogP contribution in [0.25, 0.3) is 0 Å². The van der Waals surface area contributed by atoms with Crippen molar-refractivity contribution in [2.24, 2.45) is 21.8 Å². The average molecular weight is 453 g/mol. The number of benzene rings is 1. The molecule has 0 amide bonds. The summed E-state index contributed by atoms with van der Waals surface area (Å²) < 4.78 is 27.7. The highest BCUT2D eigenvalue weighted by Crippen LogP contribution is 2.40. The number of anilines is 2. The fourth-order valence-corrected chi connectivity index (χ4v) is 5.45. The van der Waals surface area contributed by atoms with Crippen molar-refractivity contribution >= 4 is 23.4 Å². The van der Waals surface area contributed by atoms with Crippen LogP contribution in [0.5, 0.6) is 0 Å². The average Bonchev–Trinajstić information content (AvgIpc) is 3.28. The first-order valence-corrected chi connectivity index (χ1v) is 11.5. The summed E-state index contributed by atoms with van der Waals surface area (Å²) >= 11 is 0. The third kappa shape index (κ3) is 3.57. The molecule has 1 N–H and O–H groups in total. The number of halogens is 2. The molecule has 172 valence electrons. The molecule has 2 aromatic rings. The molecule has 2 saturated heterocycles. The summed E-state index contributed by atoms with van der Waals surface area (Å²) in [6.45, 7) is 5.25. The van der Waals surface area contributed by atoms with Gasteiger partial charge in [0, 0.05) is 44.0 Å². The summed E-state index contributed by atoms with van der Waals surface area (Å²) in [5.74, 6) is 1.35. The molecule has 3 aliphatic heterocycles. The molecule has 2 bridgehead atoms. The maximum atomic E-state index is 14.1. The number of guanidine groups is 2. The van der Waals surface area contributed by atoms with Crippen molar-refractivity contribution < 1.29 is 8.78 Å². The lowest BCUT2D eigenvalue weighted by atomic mass is 9.92. The van der Waals surface area contributed by atoms with Crippen LogP contribution in [0.3, 0.4) is 0 Å². The Morgan fingerprint density at radius 2 is 1.88 bits per heavy atom. The lowest BCUT2D eigenvalue weighted by Gasteiger charge is -2.37. The van der Waals surface area contributed by atoms with Crippen LogP contribution in [-0.4, -0.2) is 59.1 Å². The van der Waals surface area contributed by atoms with Crippen LogP contribution in [0, 0.1) is 30.4 Å². The Labute approximate surface area is 191 Å². The van der Waals surface area contributed by atoms with Gasteiger partial charge in [0.15, 0.2) is 11.6 Å². The van der Waals surface area contributed by atoms with Gasteiger partial charge in [-0.2, -0.15) is 0 Å². The van der Waals surface area contributed by atoms with Crippen LogP contribution in [-0.2, 0) is 0 Å². The Kier molecular flexibility index (Phi) is 4.88. The maximum absolute atomic E-state index is 14.1. The normalized spacial score (nSPS) is 27.6. The fraction of sp³-hybridized carbons (Fsp3) is 0.478. The van der Waals surface area contributed by atoms with E-state index >= 15 is 0 Å². The predicted octanol–water partition coefficient (Wildman–Crippen LogP) is 2.72. The summed E-state index contributed by atoms with van der Waals surface area (Å²) in [5, 5.41) is 1.95. The van der Waals surface area contributed by atoms with E-state index < -0.39 is 11.6 Å². The molecular formula is C23H26F2N8. The lowest BCUT2D eigenvalue weighted by molar-refractivity contribution is 0.347. The van der Waals surface area contributed by atoms with Gasteiger partial charge in [0.1, 0.15) is 12.1 Å². The van der Waals surface area contributed by atoms with Gasteiger partial charge in [0.2, 0.25) is 11.9 Å². The molecule has 6 rings (SSSR count). The Morgan fingerprint density at radius 3 is 2.64 bits per heavy atom. The molecule has 2 atom stereocenters. The highest BCUT2D eigenvalue weighted by molar-refractivity contribution is 6.21. The van der Waals surface area contributed by atoms with Gasteiger partial charge in [-0.05, 0) is 50.2 Å². The van der Waals surface area contributed by atoms with Crippen molar-refractivity contribution in [1.29, 1.82) is 0 Å². The van der Waals surface area contributed by atoms with Crippen LogP contribution in [0.4, 0.5) is 20.3 Å². The molecule has 3 fully saturated rings. The van der Waals surface area contributed by atoms with E-state index in [4.69, 9.17) is 4.99 Å². The zero-order valence-electron chi connectivity index (χ0n) is 18.5. The number of aryl methyl sites for hydroxylation is 1. The minimum Gasteiger partial charge on any atom is -0.356 e. The number of hydrogen-bond donors (Lipinski definition) is 1. The standard InChI is InChI=1S/C23H26F2N8/c1-14-9-20(28-13-27-14)31-11-15-3-4-16(12-31)21(15)29-22-30-32-8-2-7-26-23(32)33(22)17-5-6-18(24)19(25)10-17/h5-6,9-10,13,15-16,21H,2-4,7-8,11-12H2,1H3,(H,29,30). The second-order valence-electron chi connectivity index (χ2n) is 9.20. The number of rotatable bonds is 3. The van der Waals surface area contributed by atoms with Gasteiger partial charge in [-0.1, -0.05) is 0 Å². The Hall–Kier alpha value is -3.30. The largest absolute Gasteiger partial charge is 0.356 e. The third-order valence-corrected chi connectivity index (χ3v) is 7.01. The Bertz CT molecular complexity index is 1120. The van der Waals surface area contributed by atoms with Crippen LogP contribution < -0.4 is 15.2 Å². The molecule has 1 aromatic heterocycles. The van der Waals surface area contributed by atoms with Gasteiger partial charge in [-0.15, -0.1) is 0 Å². The molecule has 0 spiro atoms. The van der Waals surface area contributed by atoms with Gasteiger partial charge >= 0.3 is 0 Å². The molecule has 33 heavy (non-hydrogen) atoms.